The van der Waals surface area contributed by atoms with Crippen LogP contribution in [0.4, 0.5) is 13.2 Å². The van der Waals surface area contributed by atoms with Crippen molar-refractivity contribution >= 4 is 5.97 Å². The average molecular weight is 216 g/mol. The first-order valence-corrected chi connectivity index (χ1v) is 3.59. The second kappa shape index (κ2) is 3.96. The van der Waals surface area contributed by atoms with Crippen molar-refractivity contribution in [1.82, 2.24) is 4.98 Å². The van der Waals surface area contributed by atoms with Gasteiger partial charge < -0.3 is 5.11 Å². The molecule has 0 spiro atoms. The molecule has 1 aromatic rings. The van der Waals surface area contributed by atoms with E-state index in [1.54, 1.807) is 0 Å². The van der Waals surface area contributed by atoms with Gasteiger partial charge in [0.25, 0.3) is 6.43 Å². The van der Waals surface area contributed by atoms with Crippen LogP contribution < -0.4 is 0 Å². The van der Waals surface area contributed by atoms with Crippen LogP contribution in [0.2, 0.25) is 0 Å². The van der Waals surface area contributed by atoms with Gasteiger partial charge in [-0.1, -0.05) is 0 Å². The molecule has 1 heterocycles. The molecule has 0 aromatic carbocycles. The normalized spacial score (nSPS) is 10.1. The molecule has 1 rings (SSSR count). The van der Waals surface area contributed by atoms with Gasteiger partial charge in [-0.25, -0.2) is 22.9 Å². The summed E-state index contributed by atoms with van der Waals surface area (Å²) in [5.41, 5.74) is -2.88. The van der Waals surface area contributed by atoms with Gasteiger partial charge in [-0.3, -0.25) is 0 Å². The van der Waals surface area contributed by atoms with Gasteiger partial charge in [0.15, 0.2) is 11.5 Å². The van der Waals surface area contributed by atoms with Crippen LogP contribution in [-0.4, -0.2) is 16.1 Å². The van der Waals surface area contributed by atoms with Crippen LogP contribution in [0.25, 0.3) is 0 Å². The summed E-state index contributed by atoms with van der Waals surface area (Å²) in [6.45, 7) is 0. The van der Waals surface area contributed by atoms with E-state index < -0.39 is 35.2 Å². The zero-order chi connectivity index (χ0) is 11.6. The van der Waals surface area contributed by atoms with Crippen molar-refractivity contribution < 1.29 is 23.1 Å². The number of aromatic carboxylic acids is 1. The molecule has 1 N–H and O–H groups in total. The van der Waals surface area contributed by atoms with Crippen molar-refractivity contribution in [3.05, 3.63) is 28.8 Å². The van der Waals surface area contributed by atoms with E-state index >= 15 is 0 Å². The Labute approximate surface area is 81.6 Å². The van der Waals surface area contributed by atoms with Gasteiger partial charge in [-0.15, -0.1) is 0 Å². The molecular weight excluding hydrogens is 213 g/mol. The number of alkyl halides is 2. The number of carboxylic acid groups (broad SMARTS) is 1. The van der Waals surface area contributed by atoms with Crippen LogP contribution >= 0.6 is 0 Å². The summed E-state index contributed by atoms with van der Waals surface area (Å²) in [4.78, 5) is 13.4. The smallest absolute Gasteiger partial charge is 0.338 e. The predicted molar refractivity (Wildman–Crippen MR) is 40.8 cm³/mol. The highest BCUT2D eigenvalue weighted by atomic mass is 19.3. The lowest BCUT2D eigenvalue weighted by molar-refractivity contribution is 0.0690. The summed E-state index contributed by atoms with van der Waals surface area (Å²) in [7, 11) is 0. The number of aromatic nitrogens is 1. The van der Waals surface area contributed by atoms with Crippen LogP contribution in [-0.2, 0) is 0 Å². The number of rotatable bonds is 2. The van der Waals surface area contributed by atoms with Crippen molar-refractivity contribution in [3.63, 3.8) is 0 Å². The minimum Gasteiger partial charge on any atom is -0.478 e. The summed E-state index contributed by atoms with van der Waals surface area (Å²) in [6, 6.07) is 1.61. The largest absolute Gasteiger partial charge is 0.478 e. The minimum absolute atomic E-state index is 0.406. The third kappa shape index (κ3) is 2.04. The summed E-state index contributed by atoms with van der Waals surface area (Å²) in [5, 5.41) is 16.8. The molecule has 0 aliphatic carbocycles. The number of hydrogen-bond acceptors (Lipinski definition) is 3. The molecule has 0 unspecified atom stereocenters. The number of nitriles is 1. The summed E-state index contributed by atoms with van der Waals surface area (Å²) >= 11 is 0. The number of pyridine rings is 1. The van der Waals surface area contributed by atoms with Gasteiger partial charge in [0.1, 0.15) is 17.3 Å². The fraction of sp³-hybridized carbons (Fsp3) is 0.125. The highest BCUT2D eigenvalue weighted by molar-refractivity contribution is 5.88. The monoisotopic (exact) mass is 216 g/mol. The zero-order valence-electron chi connectivity index (χ0n) is 7.04. The van der Waals surface area contributed by atoms with Crippen molar-refractivity contribution in [2.75, 3.05) is 0 Å². The topological polar surface area (TPSA) is 74.0 Å². The van der Waals surface area contributed by atoms with Crippen molar-refractivity contribution in [1.29, 1.82) is 5.26 Å². The number of carbonyl (C=O) groups is 1. The summed E-state index contributed by atoms with van der Waals surface area (Å²) in [5.74, 6) is -3.14. The van der Waals surface area contributed by atoms with Crippen LogP contribution in [0, 0.1) is 17.1 Å². The highest BCUT2D eigenvalue weighted by Crippen LogP contribution is 2.20. The van der Waals surface area contributed by atoms with Crippen molar-refractivity contribution in [2.24, 2.45) is 0 Å². The van der Waals surface area contributed by atoms with E-state index in [9.17, 15) is 18.0 Å². The number of halogens is 3. The Hall–Kier alpha value is -2.10. The Bertz CT molecular complexity index is 454. The van der Waals surface area contributed by atoms with Crippen molar-refractivity contribution in [3.8, 4) is 6.07 Å². The molecule has 0 bridgehead atoms. The van der Waals surface area contributed by atoms with Gasteiger partial charge in [0.05, 0.1) is 0 Å². The Balaban J connectivity index is 3.47. The first-order valence-electron chi connectivity index (χ1n) is 3.59. The molecule has 0 fully saturated rings. The van der Waals surface area contributed by atoms with E-state index in [1.165, 1.54) is 6.07 Å². The van der Waals surface area contributed by atoms with E-state index in [1.807, 2.05) is 0 Å². The number of nitrogens with zero attached hydrogens (tertiary/aromatic N) is 2. The molecule has 1 aromatic heterocycles. The van der Waals surface area contributed by atoms with Gasteiger partial charge in [0, 0.05) is 0 Å². The lowest BCUT2D eigenvalue weighted by atomic mass is 10.2. The fourth-order valence-corrected chi connectivity index (χ4v) is 0.891. The quantitative estimate of drug-likeness (QED) is 0.816. The van der Waals surface area contributed by atoms with E-state index in [0.29, 0.717) is 6.07 Å². The van der Waals surface area contributed by atoms with E-state index in [-0.39, 0.29) is 0 Å². The van der Waals surface area contributed by atoms with E-state index in [4.69, 9.17) is 10.4 Å². The predicted octanol–water partition coefficient (Wildman–Crippen LogP) is 1.73. The molecule has 7 heteroatoms. The molecule has 78 valence electrons. The maximum atomic E-state index is 13.1. The van der Waals surface area contributed by atoms with Crippen LogP contribution in [0.5, 0.6) is 0 Å². The minimum atomic E-state index is -3.06. The van der Waals surface area contributed by atoms with Gasteiger partial charge in [0.2, 0.25) is 0 Å². The van der Waals surface area contributed by atoms with Gasteiger partial charge in [-0.05, 0) is 6.07 Å². The van der Waals surface area contributed by atoms with Crippen LogP contribution in [0.1, 0.15) is 28.2 Å². The standard InChI is InChI=1S/C8H3F3N2O2/c9-6-3(8(14)15)1-4(7(10)11)13-5(6)2-12/h1,7H,(H,14,15). The molecule has 0 saturated carbocycles. The SMILES string of the molecule is N#Cc1nc(C(F)F)cc(C(=O)O)c1F. The average Bonchev–Trinajstić information content (AvgIpc) is 2.17. The molecule has 4 nitrogen and oxygen atoms in total. The fourth-order valence-electron chi connectivity index (χ4n) is 0.891. The lowest BCUT2D eigenvalue weighted by Crippen LogP contribution is -2.07. The van der Waals surface area contributed by atoms with Gasteiger partial charge >= 0.3 is 5.97 Å². The molecule has 0 amide bonds. The Morgan fingerprint density at radius 2 is 2.20 bits per heavy atom. The van der Waals surface area contributed by atoms with E-state index in [2.05, 4.69) is 4.98 Å². The Morgan fingerprint density at radius 1 is 1.60 bits per heavy atom. The van der Waals surface area contributed by atoms with Crippen LogP contribution in [0.15, 0.2) is 6.07 Å². The van der Waals surface area contributed by atoms with Crippen LogP contribution in [0.3, 0.4) is 0 Å². The molecule has 0 aliphatic heterocycles. The second-order valence-corrected chi connectivity index (χ2v) is 2.47. The molecule has 15 heavy (non-hydrogen) atoms. The number of hydrogen-bond donors (Lipinski definition) is 1. The third-order valence-electron chi connectivity index (χ3n) is 1.54. The summed E-state index contributed by atoms with van der Waals surface area (Å²) in [6.07, 6.45) is -3.06. The second-order valence-electron chi connectivity index (χ2n) is 2.47. The zero-order valence-corrected chi connectivity index (χ0v) is 7.04. The Morgan fingerprint density at radius 3 is 2.60 bits per heavy atom. The molecule has 0 radical (unpaired) electrons. The van der Waals surface area contributed by atoms with Gasteiger partial charge in [-0.2, -0.15) is 5.26 Å². The van der Waals surface area contributed by atoms with E-state index in [0.717, 1.165) is 0 Å². The summed E-state index contributed by atoms with van der Waals surface area (Å²) < 4.78 is 37.4. The maximum absolute atomic E-state index is 13.1. The molecule has 0 saturated heterocycles. The maximum Gasteiger partial charge on any atom is 0.338 e. The molecular formula is C8H3F3N2O2. The Kier molecular flexibility index (Phi) is 2.90. The number of carboxylic acids is 1. The molecule has 0 aliphatic rings. The van der Waals surface area contributed by atoms with Crippen molar-refractivity contribution in [2.45, 2.75) is 6.43 Å². The third-order valence-corrected chi connectivity index (χ3v) is 1.54. The lowest BCUT2D eigenvalue weighted by Gasteiger charge is -2.03. The highest BCUT2D eigenvalue weighted by Gasteiger charge is 2.21. The first kappa shape index (κ1) is 11.0. The first-order chi connectivity index (χ1) is 6.97. The molecule has 0 atom stereocenters.